The van der Waals surface area contributed by atoms with Crippen molar-refractivity contribution >= 4 is 11.3 Å². The van der Waals surface area contributed by atoms with Crippen molar-refractivity contribution in [3.63, 3.8) is 0 Å². The highest BCUT2D eigenvalue weighted by molar-refractivity contribution is 7.13. The number of ether oxygens (including phenoxy) is 1. The van der Waals surface area contributed by atoms with Gasteiger partial charge in [0.15, 0.2) is 0 Å². The van der Waals surface area contributed by atoms with Gasteiger partial charge in [-0.1, -0.05) is 11.3 Å². The molecule has 1 unspecified atom stereocenters. The monoisotopic (exact) mass is 328 g/mol. The van der Waals surface area contributed by atoms with Crippen LogP contribution in [-0.2, 0) is 6.54 Å². The Bertz CT molecular complexity index is 433. The van der Waals surface area contributed by atoms with Crippen molar-refractivity contribution in [3.05, 3.63) is 5.01 Å². The molecule has 1 fully saturated rings. The van der Waals surface area contributed by atoms with Crippen LogP contribution in [0.1, 0.15) is 31.7 Å². The van der Waals surface area contributed by atoms with Gasteiger partial charge in [-0.05, 0) is 52.7 Å². The summed E-state index contributed by atoms with van der Waals surface area (Å²) in [6, 6.07) is 0. The number of aliphatic hydroxyl groups excluding tert-OH is 1. The molecule has 0 amide bonds. The first-order valence-electron chi connectivity index (χ1n) is 8.11. The van der Waals surface area contributed by atoms with E-state index in [9.17, 15) is 5.11 Å². The SMILES string of the molecule is CCOc1nnc(CN(C)CC2CCN(CC(C)O)CC2)s1. The third-order valence-electron chi connectivity index (χ3n) is 3.92. The second kappa shape index (κ2) is 8.76. The minimum Gasteiger partial charge on any atom is -0.469 e. The number of aromatic nitrogens is 2. The molecule has 1 atom stereocenters. The minimum atomic E-state index is -0.226. The van der Waals surface area contributed by atoms with Gasteiger partial charge in [-0.15, -0.1) is 10.2 Å². The Balaban J connectivity index is 1.70. The molecule has 2 heterocycles. The molecule has 2 rings (SSSR count). The summed E-state index contributed by atoms with van der Waals surface area (Å²) < 4.78 is 5.36. The number of hydrogen-bond donors (Lipinski definition) is 1. The van der Waals surface area contributed by atoms with Crippen LogP contribution in [-0.4, -0.2) is 71.0 Å². The molecule has 0 aromatic carbocycles. The lowest BCUT2D eigenvalue weighted by Gasteiger charge is -2.34. The number of β-amino-alcohol motifs (C(OH)–C–C–N with tert-alkyl or cyclic N) is 1. The minimum absolute atomic E-state index is 0.226. The maximum absolute atomic E-state index is 9.45. The van der Waals surface area contributed by atoms with E-state index in [0.29, 0.717) is 11.8 Å². The van der Waals surface area contributed by atoms with E-state index in [0.717, 1.165) is 43.6 Å². The first-order chi connectivity index (χ1) is 10.6. The Kier molecular flexibility index (Phi) is 7.01. The molecule has 22 heavy (non-hydrogen) atoms. The summed E-state index contributed by atoms with van der Waals surface area (Å²) in [5, 5.41) is 19.3. The molecule has 1 aromatic rings. The molecular weight excluding hydrogens is 300 g/mol. The van der Waals surface area contributed by atoms with Gasteiger partial charge >= 0.3 is 0 Å². The number of nitrogens with zero attached hydrogens (tertiary/aromatic N) is 4. The molecule has 1 aliphatic heterocycles. The maximum atomic E-state index is 9.45. The highest BCUT2D eigenvalue weighted by Crippen LogP contribution is 2.21. The van der Waals surface area contributed by atoms with E-state index in [-0.39, 0.29) is 6.10 Å². The van der Waals surface area contributed by atoms with Crippen LogP contribution >= 0.6 is 11.3 Å². The lowest BCUT2D eigenvalue weighted by atomic mass is 9.96. The fourth-order valence-electron chi connectivity index (χ4n) is 2.95. The van der Waals surface area contributed by atoms with Gasteiger partial charge in [0.2, 0.25) is 0 Å². The summed E-state index contributed by atoms with van der Waals surface area (Å²) in [5.74, 6) is 0.731. The lowest BCUT2D eigenvalue weighted by Crippen LogP contribution is -2.40. The third-order valence-corrected chi connectivity index (χ3v) is 4.74. The largest absolute Gasteiger partial charge is 0.469 e. The van der Waals surface area contributed by atoms with Crippen molar-refractivity contribution in [3.8, 4) is 5.19 Å². The number of likely N-dealkylation sites (tertiary alicyclic amines) is 1. The smallest absolute Gasteiger partial charge is 0.294 e. The molecule has 0 spiro atoms. The van der Waals surface area contributed by atoms with Crippen LogP contribution in [0.3, 0.4) is 0 Å². The second-order valence-corrected chi connectivity index (χ2v) is 7.21. The topological polar surface area (TPSA) is 61.7 Å². The fourth-order valence-corrected chi connectivity index (χ4v) is 3.77. The molecule has 126 valence electrons. The van der Waals surface area contributed by atoms with Gasteiger partial charge in [0.25, 0.3) is 5.19 Å². The van der Waals surface area contributed by atoms with Crippen LogP contribution in [0.4, 0.5) is 0 Å². The summed E-state index contributed by atoms with van der Waals surface area (Å²) >= 11 is 1.53. The van der Waals surface area contributed by atoms with Crippen molar-refractivity contribution < 1.29 is 9.84 Å². The van der Waals surface area contributed by atoms with Crippen LogP contribution in [0.2, 0.25) is 0 Å². The van der Waals surface area contributed by atoms with Crippen LogP contribution in [0.15, 0.2) is 0 Å². The standard InChI is InChI=1S/C15H28N4O2S/c1-4-21-15-17-16-14(22-15)11-18(3)10-13-5-7-19(8-6-13)9-12(2)20/h12-13,20H,4-11H2,1-3H3. The highest BCUT2D eigenvalue weighted by atomic mass is 32.1. The van der Waals surface area contributed by atoms with Gasteiger partial charge in [-0.3, -0.25) is 4.90 Å². The van der Waals surface area contributed by atoms with E-state index >= 15 is 0 Å². The van der Waals surface area contributed by atoms with E-state index in [4.69, 9.17) is 4.74 Å². The van der Waals surface area contributed by atoms with Crippen molar-refractivity contribution in [2.45, 2.75) is 39.3 Å². The van der Waals surface area contributed by atoms with Gasteiger partial charge < -0.3 is 14.7 Å². The fraction of sp³-hybridized carbons (Fsp3) is 0.867. The Labute approximate surface area is 137 Å². The van der Waals surface area contributed by atoms with Gasteiger partial charge in [0, 0.05) is 13.1 Å². The molecule has 6 nitrogen and oxygen atoms in total. The average molecular weight is 328 g/mol. The quantitative estimate of drug-likeness (QED) is 0.779. The average Bonchev–Trinajstić information content (AvgIpc) is 2.88. The van der Waals surface area contributed by atoms with Crippen LogP contribution in [0, 0.1) is 5.92 Å². The highest BCUT2D eigenvalue weighted by Gasteiger charge is 2.21. The summed E-state index contributed by atoms with van der Waals surface area (Å²) in [6.45, 7) is 9.36. The Hall–Kier alpha value is -0.760. The van der Waals surface area contributed by atoms with E-state index in [1.54, 1.807) is 0 Å². The maximum Gasteiger partial charge on any atom is 0.294 e. The van der Waals surface area contributed by atoms with Gasteiger partial charge in [-0.2, -0.15) is 0 Å². The van der Waals surface area contributed by atoms with Gasteiger partial charge in [-0.25, -0.2) is 0 Å². The number of hydrogen-bond acceptors (Lipinski definition) is 7. The normalized spacial score (nSPS) is 18.8. The van der Waals surface area contributed by atoms with Crippen molar-refractivity contribution in [1.82, 2.24) is 20.0 Å². The Morgan fingerprint density at radius 3 is 2.77 bits per heavy atom. The summed E-state index contributed by atoms with van der Waals surface area (Å²) in [4.78, 5) is 4.69. The molecule has 7 heteroatoms. The molecule has 0 saturated carbocycles. The van der Waals surface area contributed by atoms with E-state index in [1.165, 1.54) is 24.2 Å². The van der Waals surface area contributed by atoms with Crippen molar-refractivity contribution in [1.29, 1.82) is 0 Å². The third kappa shape index (κ3) is 5.79. The Morgan fingerprint density at radius 1 is 1.41 bits per heavy atom. The molecule has 1 aliphatic rings. The van der Waals surface area contributed by atoms with Crippen molar-refractivity contribution in [2.75, 3.05) is 39.8 Å². The molecule has 0 bridgehead atoms. The molecule has 0 aliphatic carbocycles. The predicted molar refractivity (Wildman–Crippen MR) is 88.3 cm³/mol. The zero-order chi connectivity index (χ0) is 15.9. The van der Waals surface area contributed by atoms with Gasteiger partial charge in [0.1, 0.15) is 5.01 Å². The first kappa shape index (κ1) is 17.6. The number of piperidine rings is 1. The van der Waals surface area contributed by atoms with E-state index in [2.05, 4.69) is 27.0 Å². The molecule has 1 N–H and O–H groups in total. The van der Waals surface area contributed by atoms with Crippen LogP contribution in [0.5, 0.6) is 5.19 Å². The zero-order valence-corrected chi connectivity index (χ0v) is 14.7. The van der Waals surface area contributed by atoms with Gasteiger partial charge in [0.05, 0.1) is 19.3 Å². The predicted octanol–water partition coefficient (Wildman–Crippen LogP) is 1.46. The molecule has 1 aromatic heterocycles. The summed E-state index contributed by atoms with van der Waals surface area (Å²) in [6.07, 6.45) is 2.19. The number of aliphatic hydroxyl groups is 1. The summed E-state index contributed by atoms with van der Waals surface area (Å²) in [5.41, 5.74) is 0. The van der Waals surface area contributed by atoms with Crippen LogP contribution in [0.25, 0.3) is 0 Å². The second-order valence-electron chi connectivity index (χ2n) is 6.18. The van der Waals surface area contributed by atoms with E-state index in [1.807, 2.05) is 13.8 Å². The first-order valence-corrected chi connectivity index (χ1v) is 8.92. The lowest BCUT2D eigenvalue weighted by molar-refractivity contribution is 0.0919. The molecular formula is C15H28N4O2S. The van der Waals surface area contributed by atoms with E-state index < -0.39 is 0 Å². The van der Waals surface area contributed by atoms with Crippen molar-refractivity contribution in [2.24, 2.45) is 5.92 Å². The van der Waals surface area contributed by atoms with Crippen LogP contribution < -0.4 is 4.74 Å². The molecule has 1 saturated heterocycles. The molecule has 0 radical (unpaired) electrons. The zero-order valence-electron chi connectivity index (χ0n) is 13.9. The summed E-state index contributed by atoms with van der Waals surface area (Å²) in [7, 11) is 2.14. The number of rotatable bonds is 8. The Morgan fingerprint density at radius 2 is 2.14 bits per heavy atom.